The zero-order valence-electron chi connectivity index (χ0n) is 16.7. The van der Waals surface area contributed by atoms with Crippen LogP contribution in [0.15, 0.2) is 48.5 Å². The van der Waals surface area contributed by atoms with Crippen LogP contribution in [0.25, 0.3) is 0 Å². The molecular formula is C22H24ClN3O3. The minimum Gasteiger partial charge on any atom is -0.326 e. The monoisotopic (exact) mass is 413 g/mol. The molecule has 0 aromatic heterocycles. The summed E-state index contributed by atoms with van der Waals surface area (Å²) in [5, 5.41) is 6.28. The van der Waals surface area contributed by atoms with E-state index in [1.165, 1.54) is 0 Å². The molecule has 1 unspecified atom stereocenters. The standard InChI is InChI=1S/C22H24ClN3O3/c1-22(2,3)21(29)25-17-6-4-5-16(12-17)24-20(28)14-11-19(27)26(13-14)18-9-7-15(23)8-10-18/h4-10,12,14H,11,13H2,1-3H3,(H,24,28)(H,25,29). The van der Waals surface area contributed by atoms with Gasteiger partial charge in [-0.3, -0.25) is 14.4 Å². The molecule has 3 rings (SSSR count). The van der Waals surface area contributed by atoms with Crippen molar-refractivity contribution in [1.29, 1.82) is 0 Å². The smallest absolute Gasteiger partial charge is 0.229 e. The van der Waals surface area contributed by atoms with E-state index in [4.69, 9.17) is 11.6 Å². The van der Waals surface area contributed by atoms with E-state index >= 15 is 0 Å². The van der Waals surface area contributed by atoms with Crippen LogP contribution in [0.2, 0.25) is 5.02 Å². The lowest BCUT2D eigenvalue weighted by molar-refractivity contribution is -0.123. The van der Waals surface area contributed by atoms with E-state index in [0.717, 1.165) is 5.69 Å². The summed E-state index contributed by atoms with van der Waals surface area (Å²) in [5.74, 6) is -0.889. The van der Waals surface area contributed by atoms with Gasteiger partial charge in [0.1, 0.15) is 0 Å². The molecular weight excluding hydrogens is 390 g/mol. The third-order valence-corrected chi connectivity index (χ3v) is 4.96. The average Bonchev–Trinajstić information content (AvgIpc) is 3.04. The molecule has 29 heavy (non-hydrogen) atoms. The third-order valence-electron chi connectivity index (χ3n) is 4.70. The number of nitrogens with zero attached hydrogens (tertiary/aromatic N) is 1. The first-order valence-corrected chi connectivity index (χ1v) is 9.79. The van der Waals surface area contributed by atoms with Crippen molar-refractivity contribution < 1.29 is 14.4 Å². The molecule has 0 bridgehead atoms. The van der Waals surface area contributed by atoms with Crippen LogP contribution in [0, 0.1) is 11.3 Å². The molecule has 2 aromatic carbocycles. The van der Waals surface area contributed by atoms with E-state index in [1.807, 2.05) is 20.8 Å². The van der Waals surface area contributed by atoms with E-state index < -0.39 is 11.3 Å². The van der Waals surface area contributed by atoms with Gasteiger partial charge >= 0.3 is 0 Å². The maximum absolute atomic E-state index is 12.7. The number of carbonyl (C=O) groups excluding carboxylic acids is 3. The Kier molecular flexibility index (Phi) is 5.94. The highest BCUT2D eigenvalue weighted by Crippen LogP contribution is 2.27. The highest BCUT2D eigenvalue weighted by molar-refractivity contribution is 6.30. The van der Waals surface area contributed by atoms with Crippen molar-refractivity contribution in [3.8, 4) is 0 Å². The Morgan fingerprint density at radius 1 is 1.03 bits per heavy atom. The number of halogens is 1. The summed E-state index contributed by atoms with van der Waals surface area (Å²) < 4.78 is 0. The van der Waals surface area contributed by atoms with Gasteiger partial charge in [-0.25, -0.2) is 0 Å². The van der Waals surface area contributed by atoms with Gasteiger partial charge < -0.3 is 15.5 Å². The first-order valence-electron chi connectivity index (χ1n) is 9.42. The SMILES string of the molecule is CC(C)(C)C(=O)Nc1cccc(NC(=O)C2CC(=O)N(c3ccc(Cl)cc3)C2)c1. The summed E-state index contributed by atoms with van der Waals surface area (Å²) in [6.45, 7) is 5.80. The molecule has 0 saturated carbocycles. The zero-order valence-corrected chi connectivity index (χ0v) is 17.4. The minimum atomic E-state index is -0.519. The molecule has 0 spiro atoms. The maximum Gasteiger partial charge on any atom is 0.229 e. The van der Waals surface area contributed by atoms with Crippen LogP contribution in [0.5, 0.6) is 0 Å². The Labute approximate surface area is 175 Å². The predicted molar refractivity (Wildman–Crippen MR) is 115 cm³/mol. The number of anilines is 3. The Morgan fingerprint density at radius 2 is 1.66 bits per heavy atom. The van der Waals surface area contributed by atoms with E-state index in [9.17, 15) is 14.4 Å². The molecule has 0 aliphatic carbocycles. The quantitative estimate of drug-likeness (QED) is 0.783. The van der Waals surface area contributed by atoms with Crippen molar-refractivity contribution >= 4 is 46.4 Å². The van der Waals surface area contributed by atoms with Crippen LogP contribution in [-0.2, 0) is 14.4 Å². The van der Waals surface area contributed by atoms with Gasteiger partial charge in [-0.1, -0.05) is 38.4 Å². The minimum absolute atomic E-state index is 0.0985. The summed E-state index contributed by atoms with van der Waals surface area (Å²) in [4.78, 5) is 38.8. The van der Waals surface area contributed by atoms with Crippen LogP contribution in [-0.4, -0.2) is 24.3 Å². The normalized spacial score (nSPS) is 16.6. The molecule has 2 aromatic rings. The van der Waals surface area contributed by atoms with Gasteiger partial charge in [-0.2, -0.15) is 0 Å². The van der Waals surface area contributed by atoms with Gasteiger partial charge in [0.25, 0.3) is 0 Å². The number of rotatable bonds is 4. The molecule has 2 N–H and O–H groups in total. The lowest BCUT2D eigenvalue weighted by Gasteiger charge is -2.18. The molecule has 1 saturated heterocycles. The van der Waals surface area contributed by atoms with Gasteiger partial charge in [0, 0.05) is 40.5 Å². The topological polar surface area (TPSA) is 78.5 Å². The van der Waals surface area contributed by atoms with Gasteiger partial charge in [-0.05, 0) is 42.5 Å². The van der Waals surface area contributed by atoms with E-state index in [1.54, 1.807) is 53.4 Å². The van der Waals surface area contributed by atoms with E-state index in [0.29, 0.717) is 22.9 Å². The predicted octanol–water partition coefficient (Wildman–Crippen LogP) is 4.32. The van der Waals surface area contributed by atoms with Crippen molar-refractivity contribution in [2.45, 2.75) is 27.2 Å². The first-order chi connectivity index (χ1) is 13.6. The molecule has 1 fully saturated rings. The number of benzene rings is 2. The summed E-state index contributed by atoms with van der Waals surface area (Å²) in [6, 6.07) is 13.9. The van der Waals surface area contributed by atoms with Gasteiger partial charge in [-0.15, -0.1) is 0 Å². The molecule has 6 nitrogen and oxygen atoms in total. The van der Waals surface area contributed by atoms with Crippen LogP contribution < -0.4 is 15.5 Å². The first kappa shape index (κ1) is 20.9. The second-order valence-electron chi connectivity index (χ2n) is 8.16. The number of carbonyl (C=O) groups is 3. The maximum atomic E-state index is 12.7. The molecule has 1 atom stereocenters. The zero-order chi connectivity index (χ0) is 21.2. The fraction of sp³-hybridized carbons (Fsp3) is 0.318. The molecule has 1 aliphatic rings. The second-order valence-corrected chi connectivity index (χ2v) is 8.59. The van der Waals surface area contributed by atoms with Crippen molar-refractivity contribution in [2.75, 3.05) is 22.1 Å². The van der Waals surface area contributed by atoms with Crippen LogP contribution in [0.4, 0.5) is 17.1 Å². The number of nitrogens with one attached hydrogen (secondary N) is 2. The summed E-state index contributed by atoms with van der Waals surface area (Å²) in [5.41, 5.74) is 1.38. The van der Waals surface area contributed by atoms with E-state index in [2.05, 4.69) is 10.6 Å². The van der Waals surface area contributed by atoms with Gasteiger partial charge in [0.05, 0.1) is 5.92 Å². The Morgan fingerprint density at radius 3 is 2.28 bits per heavy atom. The third kappa shape index (κ3) is 5.15. The summed E-state index contributed by atoms with van der Waals surface area (Å²) in [6.07, 6.45) is 0.148. The Bertz CT molecular complexity index is 935. The average molecular weight is 414 g/mol. The van der Waals surface area contributed by atoms with Crippen LogP contribution in [0.1, 0.15) is 27.2 Å². The van der Waals surface area contributed by atoms with Gasteiger partial charge in [0.2, 0.25) is 17.7 Å². The van der Waals surface area contributed by atoms with Crippen molar-refractivity contribution in [2.24, 2.45) is 11.3 Å². The van der Waals surface area contributed by atoms with E-state index in [-0.39, 0.29) is 24.1 Å². The highest BCUT2D eigenvalue weighted by atomic mass is 35.5. The lowest BCUT2D eigenvalue weighted by Crippen LogP contribution is -2.28. The Balaban J connectivity index is 1.65. The molecule has 0 radical (unpaired) electrons. The molecule has 1 aliphatic heterocycles. The van der Waals surface area contributed by atoms with Crippen molar-refractivity contribution in [1.82, 2.24) is 0 Å². The fourth-order valence-electron chi connectivity index (χ4n) is 2.99. The summed E-state index contributed by atoms with van der Waals surface area (Å²) >= 11 is 5.90. The van der Waals surface area contributed by atoms with Crippen LogP contribution in [0.3, 0.4) is 0 Å². The second kappa shape index (κ2) is 8.25. The number of amides is 3. The van der Waals surface area contributed by atoms with Gasteiger partial charge in [0.15, 0.2) is 0 Å². The number of hydrogen-bond donors (Lipinski definition) is 2. The molecule has 1 heterocycles. The highest BCUT2D eigenvalue weighted by Gasteiger charge is 2.35. The molecule has 3 amide bonds. The Hall–Kier alpha value is -2.86. The van der Waals surface area contributed by atoms with Crippen molar-refractivity contribution in [3.05, 3.63) is 53.6 Å². The van der Waals surface area contributed by atoms with Crippen molar-refractivity contribution in [3.63, 3.8) is 0 Å². The lowest BCUT2D eigenvalue weighted by atomic mass is 9.95. The van der Waals surface area contributed by atoms with Crippen LogP contribution >= 0.6 is 11.6 Å². The number of hydrogen-bond acceptors (Lipinski definition) is 3. The fourth-order valence-corrected chi connectivity index (χ4v) is 3.12. The summed E-state index contributed by atoms with van der Waals surface area (Å²) in [7, 11) is 0. The molecule has 7 heteroatoms. The molecule has 152 valence electrons. The largest absolute Gasteiger partial charge is 0.326 e.